The summed E-state index contributed by atoms with van der Waals surface area (Å²) in [5.74, 6) is 0. The van der Waals surface area contributed by atoms with Crippen molar-refractivity contribution >= 4 is 77.1 Å². The van der Waals surface area contributed by atoms with Gasteiger partial charge in [0.25, 0.3) is 0 Å². The lowest BCUT2D eigenvalue weighted by atomic mass is 9.63. The van der Waals surface area contributed by atoms with Crippen LogP contribution in [0, 0.1) is 24.7 Å². The molecule has 0 radical (unpaired) electrons. The molecule has 10 aromatic rings. The quantitative estimate of drug-likeness (QED) is 0.144. The van der Waals surface area contributed by atoms with Gasteiger partial charge in [-0.15, -0.1) is 56.7 Å². The number of rotatable bonds is 9. The van der Waals surface area contributed by atoms with Crippen LogP contribution in [-0.2, 0) is 32.5 Å². The predicted molar refractivity (Wildman–Crippen MR) is 350 cm³/mol. The molecule has 2 aliphatic rings. The van der Waals surface area contributed by atoms with Crippen molar-refractivity contribution in [1.82, 2.24) is 9.97 Å². The minimum absolute atomic E-state index is 0.0381. The van der Waals surface area contributed by atoms with E-state index in [-0.39, 0.29) is 43.3 Å². The summed E-state index contributed by atoms with van der Waals surface area (Å²) in [4.78, 5) is 20.9. The van der Waals surface area contributed by atoms with Crippen LogP contribution in [-0.4, -0.2) is 9.97 Å². The van der Waals surface area contributed by atoms with Crippen molar-refractivity contribution in [2.75, 3.05) is 0 Å². The first-order chi connectivity index (χ1) is 36.7. The first-order valence-electron chi connectivity index (χ1n) is 28.4. The van der Waals surface area contributed by atoms with Crippen molar-refractivity contribution in [2.45, 2.75) is 171 Å². The van der Waals surface area contributed by atoms with Crippen molar-refractivity contribution in [2.24, 2.45) is 10.8 Å². The van der Waals surface area contributed by atoms with Crippen molar-refractivity contribution < 1.29 is 0 Å². The smallest absolute Gasteiger partial charge is 0.109 e. The third-order valence-corrected chi connectivity index (χ3v) is 27.5. The lowest BCUT2D eigenvalue weighted by molar-refractivity contribution is 0.225. The fourth-order valence-electron chi connectivity index (χ4n) is 12.2. The molecule has 12 rings (SSSR count). The molecule has 0 saturated carbocycles. The monoisotopic (exact) mass is 1130 g/mol. The fraction of sp³-hybridized carbons (Fsp3) is 0.389. The van der Waals surface area contributed by atoms with Gasteiger partial charge in [-0.2, -0.15) is 0 Å². The lowest BCUT2D eigenvalue weighted by Crippen LogP contribution is -2.40. The molecule has 0 atom stereocenters. The highest BCUT2D eigenvalue weighted by molar-refractivity contribution is 7.30. The summed E-state index contributed by atoms with van der Waals surface area (Å²) in [6, 6.07) is 43.4. The molecular weight excluding hydrogens is 1050 g/mol. The number of thiophene rings is 5. The average Bonchev–Trinajstić information content (AvgIpc) is 4.24. The molecule has 6 aromatic heterocycles. The van der Waals surface area contributed by atoms with Gasteiger partial charge in [-0.3, -0.25) is 0 Å². The maximum absolute atomic E-state index is 5.23. The highest BCUT2D eigenvalue weighted by atomic mass is 32.1. The van der Waals surface area contributed by atoms with Gasteiger partial charge in [0.2, 0.25) is 0 Å². The van der Waals surface area contributed by atoms with Crippen LogP contribution in [0.1, 0.15) is 179 Å². The van der Waals surface area contributed by atoms with E-state index in [1.54, 1.807) is 0 Å². The second kappa shape index (κ2) is 17.7. The van der Waals surface area contributed by atoms with Crippen molar-refractivity contribution in [3.05, 3.63) is 164 Å². The third-order valence-electron chi connectivity index (χ3n) is 20.7. The summed E-state index contributed by atoms with van der Waals surface area (Å²) < 4.78 is 2.77. The summed E-state index contributed by atoms with van der Waals surface area (Å²) in [7, 11) is 0. The first-order valence-corrected chi connectivity index (χ1v) is 32.4. The van der Waals surface area contributed by atoms with Gasteiger partial charge in [-0.1, -0.05) is 185 Å². The van der Waals surface area contributed by atoms with E-state index in [0.29, 0.717) is 0 Å². The van der Waals surface area contributed by atoms with E-state index in [4.69, 9.17) is 9.97 Å². The van der Waals surface area contributed by atoms with E-state index in [0.717, 1.165) is 22.4 Å². The Labute approximate surface area is 491 Å². The number of hydrogen-bond acceptors (Lipinski definition) is 7. The van der Waals surface area contributed by atoms with Gasteiger partial charge in [0, 0.05) is 60.3 Å². The van der Waals surface area contributed by atoms with Crippen LogP contribution < -0.4 is 0 Å². The SMILES string of the molecule is Cc1nc2c(-c3ccc(-c4ccc5c(c4)C(C)(C)c4cc(C(C)(C)C(C)(C)c6cc7sc(-c8ccc9c(c8)C(C)(C)c8cc(C(C)(C)C(C)(C)C)ccc8-9)cc7s6)ccc4-5)s3)sc(-c3ccc(C(C)(C)C(C)(C)C)s3)c2nc1C. The molecule has 2 nitrogen and oxygen atoms in total. The molecule has 0 spiro atoms. The summed E-state index contributed by atoms with van der Waals surface area (Å²) >= 11 is 9.57. The molecule has 0 fully saturated rings. The summed E-state index contributed by atoms with van der Waals surface area (Å²) in [5.41, 5.74) is 20.5. The van der Waals surface area contributed by atoms with Crippen LogP contribution in [0.3, 0.4) is 0 Å². The molecule has 6 heterocycles. The molecule has 0 bridgehead atoms. The van der Waals surface area contributed by atoms with Crippen LogP contribution in [0.2, 0.25) is 0 Å². The number of aryl methyl sites for hydroxylation is 2. The van der Waals surface area contributed by atoms with Crippen LogP contribution in [0.15, 0.2) is 109 Å². The molecule has 0 N–H and O–H groups in total. The Bertz CT molecular complexity index is 4100. The minimum Gasteiger partial charge on any atom is -0.248 e. The number of hydrogen-bond donors (Lipinski definition) is 0. The lowest BCUT2D eigenvalue weighted by Gasteiger charge is -2.42. The molecule has 0 unspecified atom stereocenters. The van der Waals surface area contributed by atoms with Crippen molar-refractivity contribution in [3.8, 4) is 62.6 Å². The summed E-state index contributed by atoms with van der Waals surface area (Å²) in [6.07, 6.45) is 0. The van der Waals surface area contributed by atoms with Crippen LogP contribution in [0.5, 0.6) is 0 Å². The molecule has 0 aliphatic heterocycles. The van der Waals surface area contributed by atoms with Gasteiger partial charge in [0.1, 0.15) is 11.0 Å². The van der Waals surface area contributed by atoms with Crippen LogP contribution in [0.25, 0.3) is 83.1 Å². The van der Waals surface area contributed by atoms with E-state index in [2.05, 4.69) is 248 Å². The Kier molecular flexibility index (Phi) is 12.3. The van der Waals surface area contributed by atoms with E-state index >= 15 is 0 Å². The van der Waals surface area contributed by atoms with Gasteiger partial charge >= 0.3 is 0 Å². The molecule has 4 aromatic carbocycles. The third kappa shape index (κ3) is 8.18. The number of benzene rings is 4. The van der Waals surface area contributed by atoms with E-state index in [1.807, 2.05) is 56.7 Å². The standard InChI is InChI=1S/C72H78N2S5/c1-39-40(2)74-62-61(73-39)63(79-64(62)55-31-32-59(77-55)71(17,18)66(6,7)8)54-30-29-53(75-54)41-21-25-45-48-28-24-44(36-52(48)67(9,10)49(45)33-41)70(15,16)72(19,20)60-38-58-57(78-60)37-56(76-58)42-22-26-46-47-27-23-43(69(13,14)65(3,4)5)35-51(47)68(11,12)50(46)34-42/h21-38H,1-20H3. The minimum atomic E-state index is -0.161. The summed E-state index contributed by atoms with van der Waals surface area (Å²) in [6.45, 7) is 47.4. The zero-order chi connectivity index (χ0) is 56.7. The largest absolute Gasteiger partial charge is 0.248 e. The Morgan fingerprint density at radius 3 is 1.28 bits per heavy atom. The Morgan fingerprint density at radius 2 is 0.772 bits per heavy atom. The van der Waals surface area contributed by atoms with Gasteiger partial charge in [0.05, 0.1) is 21.1 Å². The molecule has 2 aliphatic carbocycles. The number of nitrogens with zero attached hydrogens (tertiary/aromatic N) is 2. The summed E-state index contributed by atoms with van der Waals surface area (Å²) in [5, 5.41) is 0. The Morgan fingerprint density at radius 1 is 0.342 bits per heavy atom. The van der Waals surface area contributed by atoms with Gasteiger partial charge < -0.3 is 0 Å². The molecule has 7 heteroatoms. The second-order valence-electron chi connectivity index (χ2n) is 28.4. The highest BCUT2D eigenvalue weighted by Gasteiger charge is 2.45. The second-order valence-corrected chi connectivity index (χ2v) is 33.8. The molecular formula is C72H78N2S5. The van der Waals surface area contributed by atoms with E-state index in [9.17, 15) is 0 Å². The maximum Gasteiger partial charge on any atom is 0.109 e. The molecule has 79 heavy (non-hydrogen) atoms. The van der Waals surface area contributed by atoms with Crippen LogP contribution in [0.4, 0.5) is 0 Å². The van der Waals surface area contributed by atoms with Crippen molar-refractivity contribution in [3.63, 3.8) is 0 Å². The Hall–Kier alpha value is -5.02. The average molecular weight is 1130 g/mol. The van der Waals surface area contributed by atoms with E-state index in [1.165, 1.54) is 115 Å². The molecule has 0 saturated heterocycles. The predicted octanol–water partition coefficient (Wildman–Crippen LogP) is 22.9. The van der Waals surface area contributed by atoms with Gasteiger partial charge in [-0.05, 0) is 151 Å². The molecule has 406 valence electrons. The van der Waals surface area contributed by atoms with Crippen LogP contribution >= 0.6 is 56.7 Å². The fourth-order valence-corrected chi connectivity index (χ4v) is 18.6. The number of aromatic nitrogens is 2. The normalized spacial score (nSPS) is 15.3. The molecule has 0 amide bonds. The maximum atomic E-state index is 5.23. The van der Waals surface area contributed by atoms with Gasteiger partial charge in [-0.25, -0.2) is 9.97 Å². The Balaban J connectivity index is 0.804. The van der Waals surface area contributed by atoms with Gasteiger partial charge in [0.15, 0.2) is 0 Å². The highest BCUT2D eigenvalue weighted by Crippen LogP contribution is 2.57. The zero-order valence-electron chi connectivity index (χ0n) is 50.3. The first kappa shape index (κ1) is 54.6. The number of fused-ring (bicyclic) bond motifs is 8. The van der Waals surface area contributed by atoms with Crippen molar-refractivity contribution in [1.29, 1.82) is 0 Å². The van der Waals surface area contributed by atoms with E-state index < -0.39 is 0 Å². The topological polar surface area (TPSA) is 25.8 Å². The zero-order valence-corrected chi connectivity index (χ0v) is 54.4.